The lowest BCUT2D eigenvalue weighted by atomic mass is 10.1. The standard InChI is InChI=1S/C14H20ClN3O4S/c1-14(2,3)18-12(19)8-17-13(20)10-7-9(5-6-11(10)15)23(21,22)16-4/h5-7,16H,8H2,1-4H3,(H,17,20)(H,18,19). The van der Waals surface area contributed by atoms with E-state index in [0.717, 1.165) is 6.07 Å². The van der Waals surface area contributed by atoms with Gasteiger partial charge in [-0.2, -0.15) is 0 Å². The van der Waals surface area contributed by atoms with Gasteiger partial charge in [-0.15, -0.1) is 0 Å². The number of carbonyl (C=O) groups excluding carboxylic acids is 2. The largest absolute Gasteiger partial charge is 0.350 e. The lowest BCUT2D eigenvalue weighted by Gasteiger charge is -2.20. The topological polar surface area (TPSA) is 104 Å². The SMILES string of the molecule is CNS(=O)(=O)c1ccc(Cl)c(C(=O)NCC(=O)NC(C)(C)C)c1. The second-order valence-corrected chi connectivity index (χ2v) is 8.12. The molecule has 1 aromatic carbocycles. The van der Waals surface area contributed by atoms with E-state index in [-0.39, 0.29) is 27.9 Å². The van der Waals surface area contributed by atoms with Gasteiger partial charge in [0.05, 0.1) is 22.0 Å². The summed E-state index contributed by atoms with van der Waals surface area (Å²) in [5, 5.41) is 5.19. The summed E-state index contributed by atoms with van der Waals surface area (Å²) >= 11 is 5.93. The highest BCUT2D eigenvalue weighted by molar-refractivity contribution is 7.89. The zero-order chi connectivity index (χ0) is 17.8. The minimum Gasteiger partial charge on any atom is -0.350 e. The Morgan fingerprint density at radius 2 is 1.83 bits per heavy atom. The molecule has 0 fully saturated rings. The number of nitrogens with one attached hydrogen (secondary N) is 3. The van der Waals surface area contributed by atoms with Crippen LogP contribution in [0.5, 0.6) is 0 Å². The summed E-state index contributed by atoms with van der Waals surface area (Å²) in [5.74, 6) is -0.992. The number of benzene rings is 1. The Hall–Kier alpha value is -1.64. The van der Waals surface area contributed by atoms with Gasteiger partial charge in [-0.25, -0.2) is 13.1 Å². The lowest BCUT2D eigenvalue weighted by molar-refractivity contribution is -0.121. The predicted molar refractivity (Wildman–Crippen MR) is 87.9 cm³/mol. The molecule has 23 heavy (non-hydrogen) atoms. The highest BCUT2D eigenvalue weighted by Gasteiger charge is 2.19. The van der Waals surface area contributed by atoms with E-state index in [1.165, 1.54) is 19.2 Å². The Labute approximate surface area is 140 Å². The normalized spacial score (nSPS) is 11.9. The van der Waals surface area contributed by atoms with E-state index >= 15 is 0 Å². The van der Waals surface area contributed by atoms with Crippen LogP contribution in [0.1, 0.15) is 31.1 Å². The molecule has 3 N–H and O–H groups in total. The summed E-state index contributed by atoms with van der Waals surface area (Å²) in [6, 6.07) is 3.76. The molecule has 128 valence electrons. The molecule has 1 rings (SSSR count). The third-order valence-electron chi connectivity index (χ3n) is 2.69. The number of sulfonamides is 1. The third kappa shape index (κ3) is 5.81. The molecule has 0 saturated carbocycles. The van der Waals surface area contributed by atoms with Crippen LogP contribution in [0.3, 0.4) is 0 Å². The van der Waals surface area contributed by atoms with E-state index in [1.807, 2.05) is 20.8 Å². The van der Waals surface area contributed by atoms with E-state index in [4.69, 9.17) is 11.6 Å². The average molecular weight is 362 g/mol. The maximum atomic E-state index is 12.1. The molecular weight excluding hydrogens is 342 g/mol. The van der Waals surface area contributed by atoms with Crippen LogP contribution in [0.4, 0.5) is 0 Å². The smallest absolute Gasteiger partial charge is 0.253 e. The summed E-state index contributed by atoms with van der Waals surface area (Å²) in [5.41, 5.74) is -0.438. The van der Waals surface area contributed by atoms with Gasteiger partial charge in [-0.05, 0) is 46.0 Å². The Kier molecular flexibility index (Phi) is 6.15. The molecular formula is C14H20ClN3O4S. The molecule has 0 radical (unpaired) electrons. The molecule has 0 bridgehead atoms. The first-order valence-corrected chi connectivity index (χ1v) is 8.65. The number of hydrogen-bond donors (Lipinski definition) is 3. The van der Waals surface area contributed by atoms with Gasteiger partial charge >= 0.3 is 0 Å². The zero-order valence-electron chi connectivity index (χ0n) is 13.4. The zero-order valence-corrected chi connectivity index (χ0v) is 14.9. The van der Waals surface area contributed by atoms with Crippen LogP contribution in [-0.4, -0.2) is 39.4 Å². The molecule has 2 amide bonds. The maximum absolute atomic E-state index is 12.1. The Morgan fingerprint density at radius 3 is 2.35 bits per heavy atom. The van der Waals surface area contributed by atoms with Gasteiger partial charge in [-0.1, -0.05) is 11.6 Å². The van der Waals surface area contributed by atoms with Crippen LogP contribution in [0.15, 0.2) is 23.1 Å². The second kappa shape index (κ2) is 7.29. The van der Waals surface area contributed by atoms with Gasteiger partial charge < -0.3 is 10.6 Å². The molecule has 0 aliphatic heterocycles. The molecule has 1 aromatic rings. The maximum Gasteiger partial charge on any atom is 0.253 e. The second-order valence-electron chi connectivity index (χ2n) is 5.83. The first-order valence-electron chi connectivity index (χ1n) is 6.78. The molecule has 0 heterocycles. The molecule has 0 aliphatic carbocycles. The van der Waals surface area contributed by atoms with Crippen LogP contribution in [0, 0.1) is 0 Å². The number of carbonyl (C=O) groups is 2. The van der Waals surface area contributed by atoms with Crippen LogP contribution in [0.2, 0.25) is 5.02 Å². The molecule has 0 spiro atoms. The minimum atomic E-state index is -3.69. The Balaban J connectivity index is 2.88. The van der Waals surface area contributed by atoms with Crippen molar-refractivity contribution >= 4 is 33.4 Å². The fourth-order valence-corrected chi connectivity index (χ4v) is 2.64. The van der Waals surface area contributed by atoms with E-state index in [1.54, 1.807) is 0 Å². The van der Waals surface area contributed by atoms with Crippen molar-refractivity contribution in [3.8, 4) is 0 Å². The van der Waals surface area contributed by atoms with E-state index < -0.39 is 21.5 Å². The highest BCUT2D eigenvalue weighted by Crippen LogP contribution is 2.20. The summed E-state index contributed by atoms with van der Waals surface area (Å²) < 4.78 is 25.7. The highest BCUT2D eigenvalue weighted by atomic mass is 35.5. The summed E-state index contributed by atoms with van der Waals surface area (Å²) in [6.45, 7) is 5.20. The van der Waals surface area contributed by atoms with Crippen molar-refractivity contribution in [1.82, 2.24) is 15.4 Å². The summed E-state index contributed by atoms with van der Waals surface area (Å²) in [7, 11) is -2.43. The molecule has 0 atom stereocenters. The van der Waals surface area contributed by atoms with Crippen molar-refractivity contribution in [2.24, 2.45) is 0 Å². The van der Waals surface area contributed by atoms with Gasteiger partial charge in [0.15, 0.2) is 0 Å². The monoisotopic (exact) mass is 361 g/mol. The van der Waals surface area contributed by atoms with Gasteiger partial charge in [0.1, 0.15) is 0 Å². The number of hydrogen-bond acceptors (Lipinski definition) is 4. The number of halogens is 1. The minimum absolute atomic E-state index is 0.0217. The molecule has 0 saturated heterocycles. The quantitative estimate of drug-likeness (QED) is 0.724. The predicted octanol–water partition coefficient (Wildman–Crippen LogP) is 0.893. The van der Waals surface area contributed by atoms with Crippen molar-refractivity contribution in [2.45, 2.75) is 31.2 Å². The lowest BCUT2D eigenvalue weighted by Crippen LogP contribution is -2.45. The van der Waals surface area contributed by atoms with Crippen molar-refractivity contribution in [2.75, 3.05) is 13.6 Å². The number of rotatable bonds is 5. The fourth-order valence-electron chi connectivity index (χ4n) is 1.68. The average Bonchev–Trinajstić information content (AvgIpc) is 2.43. The van der Waals surface area contributed by atoms with E-state index in [0.29, 0.717) is 0 Å². The molecule has 0 unspecified atom stereocenters. The van der Waals surface area contributed by atoms with Crippen LogP contribution >= 0.6 is 11.6 Å². The molecule has 0 aromatic heterocycles. The Bertz CT molecular complexity index is 711. The fraction of sp³-hybridized carbons (Fsp3) is 0.429. The van der Waals surface area contributed by atoms with Crippen LogP contribution in [0.25, 0.3) is 0 Å². The summed E-state index contributed by atoms with van der Waals surface area (Å²) in [6.07, 6.45) is 0. The van der Waals surface area contributed by atoms with Crippen molar-refractivity contribution < 1.29 is 18.0 Å². The van der Waals surface area contributed by atoms with Crippen molar-refractivity contribution in [3.63, 3.8) is 0 Å². The Morgan fingerprint density at radius 1 is 1.22 bits per heavy atom. The van der Waals surface area contributed by atoms with Crippen LogP contribution in [-0.2, 0) is 14.8 Å². The van der Waals surface area contributed by atoms with E-state index in [2.05, 4.69) is 15.4 Å². The van der Waals surface area contributed by atoms with Gasteiger partial charge in [0, 0.05) is 5.54 Å². The van der Waals surface area contributed by atoms with Crippen molar-refractivity contribution in [1.29, 1.82) is 0 Å². The van der Waals surface area contributed by atoms with Gasteiger partial charge in [0.2, 0.25) is 15.9 Å². The first kappa shape index (κ1) is 19.4. The van der Waals surface area contributed by atoms with Crippen LogP contribution < -0.4 is 15.4 Å². The van der Waals surface area contributed by atoms with Gasteiger partial charge in [0.25, 0.3) is 5.91 Å². The van der Waals surface area contributed by atoms with Crippen molar-refractivity contribution in [3.05, 3.63) is 28.8 Å². The molecule has 9 heteroatoms. The molecule has 7 nitrogen and oxygen atoms in total. The molecule has 0 aliphatic rings. The summed E-state index contributed by atoms with van der Waals surface area (Å²) in [4.78, 5) is 23.7. The van der Waals surface area contributed by atoms with E-state index in [9.17, 15) is 18.0 Å². The number of amides is 2. The van der Waals surface area contributed by atoms with Gasteiger partial charge in [-0.3, -0.25) is 9.59 Å². The third-order valence-corrected chi connectivity index (χ3v) is 4.43. The first-order chi connectivity index (χ1) is 10.5.